The van der Waals surface area contributed by atoms with Gasteiger partial charge in [-0.1, -0.05) is 55.7 Å². The number of unbranched alkanes of at least 4 members (excludes halogenated alkanes) is 1. The van der Waals surface area contributed by atoms with Crippen molar-refractivity contribution in [1.29, 1.82) is 0 Å². The molecule has 0 aliphatic carbocycles. The quantitative estimate of drug-likeness (QED) is 0.268. The summed E-state index contributed by atoms with van der Waals surface area (Å²) in [5, 5.41) is 17.4. The number of carbonyl (C=O) groups is 1. The SMILES string of the molecule is CC(C)CCO.CC(C)CCOCC1CCCO1.O=C(O)CCCCC1CCSS1. The first kappa shape index (κ1) is 30.0. The number of ether oxygens (including phenoxy) is 2. The van der Waals surface area contributed by atoms with E-state index in [1.54, 1.807) is 0 Å². The first-order valence-corrected chi connectivity index (χ1v) is 14.0. The van der Waals surface area contributed by atoms with Crippen molar-refractivity contribution in [3.05, 3.63) is 0 Å². The summed E-state index contributed by atoms with van der Waals surface area (Å²) >= 11 is 0. The highest BCUT2D eigenvalue weighted by molar-refractivity contribution is 8.77. The topological polar surface area (TPSA) is 76.0 Å². The Balaban J connectivity index is 0.000000447. The van der Waals surface area contributed by atoms with Crippen LogP contribution >= 0.6 is 21.6 Å². The van der Waals surface area contributed by atoms with Gasteiger partial charge in [-0.15, -0.1) is 0 Å². The second-order valence-corrected chi connectivity index (χ2v) is 11.6. The molecule has 0 saturated carbocycles. The van der Waals surface area contributed by atoms with Crippen molar-refractivity contribution in [2.24, 2.45) is 11.8 Å². The molecule has 0 radical (unpaired) electrons. The van der Waals surface area contributed by atoms with Gasteiger partial charge in [-0.2, -0.15) is 0 Å². The lowest BCUT2D eigenvalue weighted by Gasteiger charge is -2.10. The molecule has 2 heterocycles. The maximum atomic E-state index is 10.2. The normalized spacial score (nSPS) is 20.6. The Hall–Kier alpha value is 0.0500. The first-order valence-electron chi connectivity index (χ1n) is 11.6. The van der Waals surface area contributed by atoms with E-state index in [0.717, 1.165) is 56.7 Å². The van der Waals surface area contributed by atoms with Gasteiger partial charge >= 0.3 is 5.97 Å². The highest BCUT2D eigenvalue weighted by Crippen LogP contribution is 2.39. The summed E-state index contributed by atoms with van der Waals surface area (Å²) in [4.78, 5) is 10.2. The second-order valence-electron chi connectivity index (χ2n) is 8.77. The monoisotopic (exact) mass is 466 g/mol. The molecule has 180 valence electrons. The highest BCUT2D eigenvalue weighted by atomic mass is 33.1. The van der Waals surface area contributed by atoms with Crippen LogP contribution in [-0.4, -0.2) is 59.7 Å². The summed E-state index contributed by atoms with van der Waals surface area (Å²) in [6, 6.07) is 0. The molecule has 0 aromatic heterocycles. The molecule has 0 amide bonds. The van der Waals surface area contributed by atoms with E-state index >= 15 is 0 Å². The maximum Gasteiger partial charge on any atom is 0.303 e. The molecule has 30 heavy (non-hydrogen) atoms. The Morgan fingerprint density at radius 3 is 2.33 bits per heavy atom. The van der Waals surface area contributed by atoms with Gasteiger partial charge in [0, 0.05) is 37.2 Å². The smallest absolute Gasteiger partial charge is 0.303 e. The van der Waals surface area contributed by atoms with Crippen molar-refractivity contribution in [1.82, 2.24) is 0 Å². The van der Waals surface area contributed by atoms with Gasteiger partial charge < -0.3 is 19.7 Å². The van der Waals surface area contributed by atoms with E-state index in [9.17, 15) is 4.79 Å². The molecular formula is C23H46O5S2. The summed E-state index contributed by atoms with van der Waals surface area (Å²) in [5.74, 6) is 2.00. The number of carboxylic acids is 1. The summed E-state index contributed by atoms with van der Waals surface area (Å²) < 4.78 is 10.9. The molecule has 2 aliphatic heterocycles. The lowest BCUT2D eigenvalue weighted by atomic mass is 10.1. The third-order valence-electron chi connectivity index (χ3n) is 4.77. The van der Waals surface area contributed by atoms with Crippen LogP contribution in [0.1, 0.15) is 85.5 Å². The van der Waals surface area contributed by atoms with Crippen molar-refractivity contribution in [3.8, 4) is 0 Å². The van der Waals surface area contributed by atoms with Crippen LogP contribution in [0.4, 0.5) is 0 Å². The lowest BCUT2D eigenvalue weighted by molar-refractivity contribution is -0.137. The Bertz CT molecular complexity index is 382. The summed E-state index contributed by atoms with van der Waals surface area (Å²) in [6.07, 6.45) is 9.63. The minimum atomic E-state index is -0.663. The predicted octanol–water partition coefficient (Wildman–Crippen LogP) is 6.04. The molecule has 2 aliphatic rings. The number of aliphatic hydroxyl groups excluding tert-OH is 1. The van der Waals surface area contributed by atoms with Crippen molar-refractivity contribution in [3.63, 3.8) is 0 Å². The molecule has 2 atom stereocenters. The van der Waals surface area contributed by atoms with Gasteiger partial charge in [0.1, 0.15) is 0 Å². The fourth-order valence-corrected chi connectivity index (χ4v) is 5.81. The first-order chi connectivity index (χ1) is 14.3. The van der Waals surface area contributed by atoms with Crippen LogP contribution in [0.3, 0.4) is 0 Å². The Labute approximate surface area is 192 Å². The number of carboxylic acid groups (broad SMARTS) is 1. The van der Waals surface area contributed by atoms with Gasteiger partial charge in [-0.05, 0) is 56.8 Å². The molecule has 0 aromatic rings. The summed E-state index contributed by atoms with van der Waals surface area (Å²) in [6.45, 7) is 11.6. The molecule has 0 aromatic carbocycles. The van der Waals surface area contributed by atoms with Crippen LogP contribution in [0, 0.1) is 11.8 Å². The van der Waals surface area contributed by atoms with Crippen molar-refractivity contribution < 1.29 is 24.5 Å². The predicted molar refractivity (Wildman–Crippen MR) is 130 cm³/mol. The summed E-state index contributed by atoms with van der Waals surface area (Å²) in [7, 11) is 3.92. The van der Waals surface area contributed by atoms with Gasteiger partial charge in [0.05, 0.1) is 12.7 Å². The molecule has 2 unspecified atom stereocenters. The minimum Gasteiger partial charge on any atom is -0.481 e. The molecule has 2 fully saturated rings. The average Bonchev–Trinajstić information content (AvgIpc) is 3.37. The van der Waals surface area contributed by atoms with Crippen LogP contribution in [0.15, 0.2) is 0 Å². The summed E-state index contributed by atoms with van der Waals surface area (Å²) in [5.41, 5.74) is 0. The van der Waals surface area contributed by atoms with E-state index in [1.807, 2.05) is 21.6 Å². The zero-order valence-electron chi connectivity index (χ0n) is 19.6. The Morgan fingerprint density at radius 2 is 1.87 bits per heavy atom. The van der Waals surface area contributed by atoms with E-state index in [1.165, 1.54) is 31.4 Å². The van der Waals surface area contributed by atoms with Crippen LogP contribution in [-0.2, 0) is 14.3 Å². The molecule has 0 bridgehead atoms. The number of aliphatic carboxylic acids is 1. The lowest BCUT2D eigenvalue weighted by Crippen LogP contribution is -2.14. The van der Waals surface area contributed by atoms with Crippen LogP contribution in [0.25, 0.3) is 0 Å². The molecule has 2 saturated heterocycles. The number of hydrogen-bond donors (Lipinski definition) is 2. The Kier molecular flexibility index (Phi) is 21.0. The van der Waals surface area contributed by atoms with Gasteiger partial charge in [-0.25, -0.2) is 0 Å². The second kappa shape index (κ2) is 20.9. The third kappa shape index (κ3) is 21.3. The average molecular weight is 467 g/mol. The minimum absolute atomic E-state index is 0.331. The van der Waals surface area contributed by atoms with Gasteiger partial charge in [0.2, 0.25) is 0 Å². The van der Waals surface area contributed by atoms with E-state index in [2.05, 4.69) is 27.7 Å². The fourth-order valence-electron chi connectivity index (χ4n) is 2.78. The van der Waals surface area contributed by atoms with Crippen molar-refractivity contribution in [2.45, 2.75) is 96.8 Å². The number of aliphatic hydroxyl groups is 1. The van der Waals surface area contributed by atoms with Crippen LogP contribution in [0.5, 0.6) is 0 Å². The maximum absolute atomic E-state index is 10.2. The van der Waals surface area contributed by atoms with E-state index < -0.39 is 5.97 Å². The molecular weight excluding hydrogens is 420 g/mol. The number of rotatable bonds is 12. The molecule has 2 N–H and O–H groups in total. The van der Waals surface area contributed by atoms with E-state index in [-0.39, 0.29) is 0 Å². The van der Waals surface area contributed by atoms with Crippen LogP contribution < -0.4 is 0 Å². The van der Waals surface area contributed by atoms with Gasteiger partial charge in [-0.3, -0.25) is 4.79 Å². The van der Waals surface area contributed by atoms with E-state index in [4.69, 9.17) is 19.7 Å². The standard InChI is InChI=1S/C10H20O2.C8H14O2S2.C5H12O/c1-9(2)5-7-11-8-10-4-3-6-12-10;9-8(10)4-2-1-3-7-5-6-11-12-7;1-5(2)3-4-6/h9-10H,3-8H2,1-2H3;7H,1-6H2,(H,9,10);5-6H,3-4H2,1-2H3. The molecule has 0 spiro atoms. The largest absolute Gasteiger partial charge is 0.481 e. The molecule has 7 heteroatoms. The van der Waals surface area contributed by atoms with Crippen LogP contribution in [0.2, 0.25) is 0 Å². The zero-order chi connectivity index (χ0) is 22.6. The Morgan fingerprint density at radius 1 is 1.13 bits per heavy atom. The number of hydrogen-bond acceptors (Lipinski definition) is 6. The zero-order valence-corrected chi connectivity index (χ0v) is 21.3. The van der Waals surface area contributed by atoms with Gasteiger partial charge in [0.15, 0.2) is 0 Å². The fraction of sp³-hybridized carbons (Fsp3) is 0.957. The van der Waals surface area contributed by atoms with Crippen molar-refractivity contribution in [2.75, 3.05) is 32.2 Å². The van der Waals surface area contributed by atoms with Crippen molar-refractivity contribution >= 4 is 27.6 Å². The highest BCUT2D eigenvalue weighted by Gasteiger charge is 2.16. The molecule has 2 rings (SSSR count). The third-order valence-corrected chi connectivity index (χ3v) is 7.77. The van der Waals surface area contributed by atoms with E-state index in [0.29, 0.717) is 25.0 Å². The molecule has 5 nitrogen and oxygen atoms in total. The van der Waals surface area contributed by atoms with Gasteiger partial charge in [0.25, 0.3) is 0 Å².